The molecule has 0 fully saturated rings. The van der Waals surface area contributed by atoms with Gasteiger partial charge in [-0.15, -0.1) is 0 Å². The van der Waals surface area contributed by atoms with E-state index < -0.39 is 30.0 Å². The molecular formula is C9H7NO6S2. The van der Waals surface area contributed by atoms with Gasteiger partial charge in [-0.3, -0.25) is 14.1 Å². The molecule has 2 aromatic rings. The van der Waals surface area contributed by atoms with Crippen molar-refractivity contribution in [3.05, 3.63) is 30.5 Å². The molecule has 2 rings (SSSR count). The van der Waals surface area contributed by atoms with Crippen molar-refractivity contribution in [2.24, 2.45) is 0 Å². The number of benzene rings is 1. The number of pyridine rings is 1. The largest absolute Gasteiger partial charge is 0.295 e. The number of rotatable bonds is 2. The van der Waals surface area contributed by atoms with Crippen LogP contribution in [0.5, 0.6) is 0 Å². The molecule has 96 valence electrons. The van der Waals surface area contributed by atoms with E-state index in [4.69, 9.17) is 9.11 Å². The Bertz CT molecular complexity index is 825. The lowest BCUT2D eigenvalue weighted by Gasteiger charge is -2.05. The second-order valence-corrected chi connectivity index (χ2v) is 6.25. The van der Waals surface area contributed by atoms with Crippen LogP contribution in [0.3, 0.4) is 0 Å². The molecule has 0 aliphatic rings. The van der Waals surface area contributed by atoms with Crippen molar-refractivity contribution in [1.82, 2.24) is 4.98 Å². The van der Waals surface area contributed by atoms with Gasteiger partial charge in [0.2, 0.25) is 0 Å². The minimum absolute atomic E-state index is 0.0280. The first-order chi connectivity index (χ1) is 8.19. The summed E-state index contributed by atoms with van der Waals surface area (Å²) in [5, 5.41) is 0.0624. The maximum Gasteiger partial charge on any atom is 0.295 e. The van der Waals surface area contributed by atoms with Crippen molar-refractivity contribution >= 4 is 31.1 Å². The molecule has 0 unspecified atom stereocenters. The Morgan fingerprint density at radius 1 is 1.00 bits per heavy atom. The van der Waals surface area contributed by atoms with Gasteiger partial charge < -0.3 is 0 Å². The SMILES string of the molecule is O=S(=O)(O)c1cc(S(=O)(=O)O)c2cccnc2c1. The zero-order chi connectivity index (χ0) is 13.6. The standard InChI is InChI=1S/C9H7NO6S2/c11-17(12,13)6-4-8-7(2-1-3-10-8)9(5-6)18(14,15)16/h1-5H,(H,11,12,13)(H,14,15,16). The van der Waals surface area contributed by atoms with Crippen molar-refractivity contribution < 1.29 is 25.9 Å². The van der Waals surface area contributed by atoms with Gasteiger partial charge in [-0.1, -0.05) is 0 Å². The van der Waals surface area contributed by atoms with Crippen LogP contribution in [-0.2, 0) is 20.2 Å². The summed E-state index contributed by atoms with van der Waals surface area (Å²) in [4.78, 5) is 2.50. The fourth-order valence-corrected chi connectivity index (χ4v) is 2.81. The highest BCUT2D eigenvalue weighted by Gasteiger charge is 2.20. The molecule has 0 saturated carbocycles. The van der Waals surface area contributed by atoms with E-state index in [2.05, 4.69) is 4.98 Å². The van der Waals surface area contributed by atoms with Crippen molar-refractivity contribution in [3.8, 4) is 0 Å². The van der Waals surface area contributed by atoms with E-state index in [1.165, 1.54) is 18.3 Å². The Kier molecular flexibility index (Phi) is 2.86. The fraction of sp³-hybridized carbons (Fsp3) is 0. The second-order valence-electron chi connectivity index (χ2n) is 3.44. The molecule has 0 amide bonds. The average Bonchev–Trinajstić information content (AvgIpc) is 2.25. The van der Waals surface area contributed by atoms with E-state index in [1.807, 2.05) is 0 Å². The van der Waals surface area contributed by atoms with Crippen LogP contribution in [-0.4, -0.2) is 30.9 Å². The van der Waals surface area contributed by atoms with Gasteiger partial charge in [0.1, 0.15) is 4.90 Å². The molecule has 0 bridgehead atoms. The molecule has 0 spiro atoms. The number of hydrogen-bond acceptors (Lipinski definition) is 5. The van der Waals surface area contributed by atoms with Crippen molar-refractivity contribution in [3.63, 3.8) is 0 Å². The summed E-state index contributed by atoms with van der Waals surface area (Å²) in [6.45, 7) is 0. The molecule has 0 aliphatic carbocycles. The average molecular weight is 289 g/mol. The first kappa shape index (κ1) is 12.9. The summed E-state index contributed by atoms with van der Waals surface area (Å²) >= 11 is 0. The van der Waals surface area contributed by atoms with Gasteiger partial charge in [0.05, 0.1) is 10.4 Å². The van der Waals surface area contributed by atoms with Gasteiger partial charge in [-0.2, -0.15) is 16.8 Å². The zero-order valence-corrected chi connectivity index (χ0v) is 10.3. The first-order valence-electron chi connectivity index (χ1n) is 4.53. The molecule has 1 heterocycles. The summed E-state index contributed by atoms with van der Waals surface area (Å²) in [6, 6.07) is 4.48. The van der Waals surface area contributed by atoms with Crippen LogP contribution in [0.15, 0.2) is 40.3 Å². The topological polar surface area (TPSA) is 122 Å². The lowest BCUT2D eigenvalue weighted by atomic mass is 10.2. The summed E-state index contributed by atoms with van der Waals surface area (Å²) in [7, 11) is -9.22. The predicted molar refractivity (Wildman–Crippen MR) is 61.4 cm³/mol. The van der Waals surface area contributed by atoms with Gasteiger partial charge >= 0.3 is 0 Å². The van der Waals surface area contributed by atoms with Crippen LogP contribution in [0.4, 0.5) is 0 Å². The maximum atomic E-state index is 11.2. The number of fused-ring (bicyclic) bond motifs is 1. The normalized spacial score (nSPS) is 12.8. The highest BCUT2D eigenvalue weighted by molar-refractivity contribution is 7.86. The molecule has 2 N–H and O–H groups in total. The molecule has 9 heteroatoms. The van der Waals surface area contributed by atoms with Crippen molar-refractivity contribution in [1.29, 1.82) is 0 Å². The fourth-order valence-electron chi connectivity index (χ4n) is 1.49. The van der Waals surface area contributed by atoms with Crippen LogP contribution in [0.25, 0.3) is 10.9 Å². The maximum absolute atomic E-state index is 11.2. The molecule has 18 heavy (non-hydrogen) atoms. The Morgan fingerprint density at radius 3 is 2.22 bits per heavy atom. The number of hydrogen-bond donors (Lipinski definition) is 2. The first-order valence-corrected chi connectivity index (χ1v) is 7.41. The van der Waals surface area contributed by atoms with Crippen LogP contribution in [0, 0.1) is 0 Å². The number of nitrogens with zero attached hydrogens (tertiary/aromatic N) is 1. The Labute approximate surface area is 103 Å². The second kappa shape index (κ2) is 3.99. The van der Waals surface area contributed by atoms with E-state index in [0.717, 1.165) is 6.07 Å². The highest BCUT2D eigenvalue weighted by atomic mass is 32.2. The zero-order valence-electron chi connectivity index (χ0n) is 8.68. The van der Waals surface area contributed by atoms with Gasteiger partial charge in [-0.25, -0.2) is 0 Å². The minimum atomic E-state index is -4.63. The lowest BCUT2D eigenvalue weighted by Crippen LogP contribution is -2.04. The van der Waals surface area contributed by atoms with Gasteiger partial charge in [0.25, 0.3) is 20.2 Å². The molecule has 0 atom stereocenters. The predicted octanol–water partition coefficient (Wildman–Crippen LogP) is 0.728. The quantitative estimate of drug-likeness (QED) is 0.781. The molecule has 0 aliphatic heterocycles. The Balaban J connectivity index is 3.00. The smallest absolute Gasteiger partial charge is 0.282 e. The van der Waals surface area contributed by atoms with Crippen molar-refractivity contribution in [2.45, 2.75) is 9.79 Å². The monoisotopic (exact) mass is 289 g/mol. The van der Waals surface area contributed by atoms with Gasteiger partial charge in [0.15, 0.2) is 0 Å². The van der Waals surface area contributed by atoms with E-state index >= 15 is 0 Å². The van der Waals surface area contributed by atoms with E-state index in [9.17, 15) is 16.8 Å². The molecule has 1 aromatic heterocycles. The third-order valence-electron chi connectivity index (χ3n) is 2.23. The summed E-state index contributed by atoms with van der Waals surface area (Å²) in [5.74, 6) is 0. The van der Waals surface area contributed by atoms with E-state index in [1.54, 1.807) is 0 Å². The third kappa shape index (κ3) is 2.34. The Hall–Kier alpha value is -1.55. The van der Waals surface area contributed by atoms with Crippen LogP contribution >= 0.6 is 0 Å². The third-order valence-corrected chi connectivity index (χ3v) is 3.96. The minimum Gasteiger partial charge on any atom is -0.282 e. The molecular weight excluding hydrogens is 282 g/mol. The van der Waals surface area contributed by atoms with E-state index in [-0.39, 0.29) is 10.9 Å². The van der Waals surface area contributed by atoms with E-state index in [0.29, 0.717) is 6.07 Å². The summed E-state index contributed by atoms with van der Waals surface area (Å²) in [5.41, 5.74) is 0.0280. The van der Waals surface area contributed by atoms with Crippen LogP contribution < -0.4 is 0 Å². The summed E-state index contributed by atoms with van der Waals surface area (Å²) < 4.78 is 62.3. The van der Waals surface area contributed by atoms with Crippen molar-refractivity contribution in [2.75, 3.05) is 0 Å². The van der Waals surface area contributed by atoms with Crippen LogP contribution in [0.2, 0.25) is 0 Å². The molecule has 7 nitrogen and oxygen atoms in total. The molecule has 1 aromatic carbocycles. The van der Waals surface area contributed by atoms with Crippen LogP contribution in [0.1, 0.15) is 0 Å². The number of aromatic nitrogens is 1. The van der Waals surface area contributed by atoms with Gasteiger partial charge in [0, 0.05) is 11.6 Å². The van der Waals surface area contributed by atoms with Gasteiger partial charge in [-0.05, 0) is 24.3 Å². The summed E-state index contributed by atoms with van der Waals surface area (Å²) in [6.07, 6.45) is 1.32. The molecule has 0 saturated heterocycles. The highest BCUT2D eigenvalue weighted by Crippen LogP contribution is 2.25. The molecule has 0 radical (unpaired) electrons. The Morgan fingerprint density at radius 2 is 1.67 bits per heavy atom. The lowest BCUT2D eigenvalue weighted by molar-refractivity contribution is 0.482.